The summed E-state index contributed by atoms with van der Waals surface area (Å²) in [5.74, 6) is 13.6. The minimum absolute atomic E-state index is 0.122. The number of carbonyl (C=O) groups excluding carboxylic acids is 4. The van der Waals surface area contributed by atoms with Gasteiger partial charge in [0.2, 0.25) is 17.6 Å². The molecule has 14 nitrogen and oxygen atoms in total. The predicted molar refractivity (Wildman–Crippen MR) is 235 cm³/mol. The lowest BCUT2D eigenvalue weighted by Crippen LogP contribution is -2.87. The maximum absolute atomic E-state index is 13.8. The summed E-state index contributed by atoms with van der Waals surface area (Å²) in [5, 5.41) is 7.44. The highest BCUT2D eigenvalue weighted by Crippen LogP contribution is 2.33. The van der Waals surface area contributed by atoms with Crippen LogP contribution in [0.3, 0.4) is 0 Å². The molecule has 1 saturated heterocycles. The van der Waals surface area contributed by atoms with Gasteiger partial charge in [-0.25, -0.2) is 19.6 Å². The van der Waals surface area contributed by atoms with Crippen molar-refractivity contribution < 1.29 is 34.0 Å². The predicted octanol–water partition coefficient (Wildman–Crippen LogP) is 5.81. The summed E-state index contributed by atoms with van der Waals surface area (Å²) in [6, 6.07) is 10.2. The number of benzene rings is 2. The van der Waals surface area contributed by atoms with Crippen LogP contribution < -0.4 is 16.0 Å². The van der Waals surface area contributed by atoms with E-state index in [0.29, 0.717) is 18.9 Å². The van der Waals surface area contributed by atoms with Crippen molar-refractivity contribution in [1.82, 2.24) is 30.4 Å². The van der Waals surface area contributed by atoms with E-state index in [0.717, 1.165) is 69.9 Å². The summed E-state index contributed by atoms with van der Waals surface area (Å²) in [4.78, 5) is 68.1. The van der Waals surface area contributed by atoms with Crippen LogP contribution in [0.5, 0.6) is 0 Å². The topological polar surface area (TPSA) is 175 Å². The molecule has 0 spiro atoms. The van der Waals surface area contributed by atoms with Crippen molar-refractivity contribution in [3.63, 3.8) is 0 Å². The fourth-order valence-electron chi connectivity index (χ4n) is 7.77. The number of nitrogens with one attached hydrogen (secondary N) is 3. The molecule has 0 radical (unpaired) electrons. The summed E-state index contributed by atoms with van der Waals surface area (Å²) >= 11 is 0. The summed E-state index contributed by atoms with van der Waals surface area (Å²) in [6.45, 7) is 16.2. The molecule has 2 aromatic carbocycles. The summed E-state index contributed by atoms with van der Waals surface area (Å²) in [6.07, 6.45) is 4.65. The second kappa shape index (κ2) is 20.7. The van der Waals surface area contributed by atoms with Crippen molar-refractivity contribution in [3.8, 4) is 46.1 Å². The Kier molecular flexibility index (Phi) is 15.5. The van der Waals surface area contributed by atoms with Gasteiger partial charge in [0.05, 0.1) is 38.4 Å². The van der Waals surface area contributed by atoms with Crippen LogP contribution >= 0.6 is 0 Å². The second-order valence-corrected chi connectivity index (χ2v) is 15.8. The standard InChI is InChI=1S/C47H58N8O6/c1-11-15-31-24-33(37-26-48-42(50-37)30(8)54(22-13-3)44(56)40(28(4)5)52-46(58)60-9)18-20-35(31)36-21-19-34(25-32(36)16-12-2)38-27-49-43(51-38)39-17-14-23-55(39)45(57)41(29(6)7)53-47(59)61-10/h18-21,24-30,39-41H,13-14,17,22-23H2,1-10H3,(H,48,50)(H,49,51)(H,52,58)(H,53,59)/p+1/t30-,39-,40-,41-/m0/s1. The first-order valence-corrected chi connectivity index (χ1v) is 20.9. The fourth-order valence-corrected chi connectivity index (χ4v) is 7.77. The fraction of sp³-hybridized carbons (Fsp3) is 0.447. The quantitative estimate of drug-likeness (QED) is 0.148. The number of aromatic amines is 1. The smallest absolute Gasteiger partial charge is 0.407 e. The molecule has 1 fully saturated rings. The number of H-pyrrole nitrogens is 1. The van der Waals surface area contributed by atoms with Gasteiger partial charge in [-0.15, -0.1) is 11.8 Å². The molecule has 0 unspecified atom stereocenters. The molecule has 14 heteroatoms. The third-order valence-electron chi connectivity index (χ3n) is 11.0. The van der Waals surface area contributed by atoms with Gasteiger partial charge in [-0.2, -0.15) is 0 Å². The molecule has 4 atom stereocenters. The molecule has 0 bridgehead atoms. The van der Waals surface area contributed by atoms with Gasteiger partial charge in [0.1, 0.15) is 23.9 Å². The number of hydrogen-bond acceptors (Lipinski definition) is 8. The summed E-state index contributed by atoms with van der Waals surface area (Å²) in [5.41, 5.74) is 7.02. The molecule has 2 aliphatic rings. The minimum Gasteiger partial charge on any atom is -0.453 e. The molecule has 1 aromatic heterocycles. The van der Waals surface area contributed by atoms with Crippen molar-refractivity contribution in [2.45, 2.75) is 98.8 Å². The molecule has 3 heterocycles. The lowest BCUT2D eigenvalue weighted by atomic mass is 9.92. The number of alkyl carbamates (subject to hydrolysis) is 2. The van der Waals surface area contributed by atoms with Crippen molar-refractivity contribution in [3.05, 3.63) is 71.3 Å². The Morgan fingerprint density at radius 2 is 1.49 bits per heavy atom. The molecule has 4 amide bonds. The SMILES string of the molecule is CC#Cc1cc(C2=CN=C([C@@H]3CCCN3C(=O)[C@@H](NC(=O)OC)C(C)C)[NH2+]2)ccc1-c1ccc(-c2cnc([C@H](C)N(CCC)C(=O)[C@@H](NC(=O)OC)C(C)C)[nH]2)cc1C#CC. The van der Waals surface area contributed by atoms with Gasteiger partial charge in [0.25, 0.3) is 0 Å². The molecule has 0 saturated carbocycles. The number of aliphatic imine (C=N–C) groups is 1. The van der Waals surface area contributed by atoms with Crippen molar-refractivity contribution >= 4 is 35.5 Å². The lowest BCUT2D eigenvalue weighted by Gasteiger charge is -2.33. The molecule has 0 aliphatic carbocycles. The number of amidine groups is 1. The van der Waals surface area contributed by atoms with Gasteiger partial charge in [-0.1, -0.05) is 64.7 Å². The van der Waals surface area contributed by atoms with Crippen LogP contribution in [0.15, 0.2) is 53.8 Å². The molecule has 3 aromatic rings. The number of nitrogens with two attached hydrogens (primary N) is 1. The average Bonchev–Trinajstić information content (AvgIpc) is 4.05. The summed E-state index contributed by atoms with van der Waals surface area (Å²) < 4.78 is 9.58. The van der Waals surface area contributed by atoms with Gasteiger partial charge in [-0.3, -0.25) is 14.9 Å². The number of methoxy groups -OCH3 is 2. The number of ether oxygens (including phenoxy) is 2. The maximum atomic E-state index is 13.8. The van der Waals surface area contributed by atoms with Crippen LogP contribution in [-0.4, -0.2) is 95.0 Å². The van der Waals surface area contributed by atoms with E-state index < -0.39 is 30.3 Å². The second-order valence-electron chi connectivity index (χ2n) is 15.8. The van der Waals surface area contributed by atoms with Crippen molar-refractivity contribution in [2.24, 2.45) is 16.8 Å². The lowest BCUT2D eigenvalue weighted by molar-refractivity contribution is -0.435. The number of likely N-dealkylation sites (tertiary alicyclic amines) is 1. The van der Waals surface area contributed by atoms with Gasteiger partial charge in [0.15, 0.2) is 5.70 Å². The Hall–Kier alpha value is -6.38. The average molecular weight is 832 g/mol. The first-order chi connectivity index (χ1) is 29.3. The zero-order valence-corrected chi connectivity index (χ0v) is 36.9. The number of rotatable bonds is 14. The number of carbonyl (C=O) groups is 4. The van der Waals surface area contributed by atoms with Gasteiger partial charge in [0, 0.05) is 35.3 Å². The van der Waals surface area contributed by atoms with Gasteiger partial charge in [-0.05, 0) is 81.2 Å². The Morgan fingerprint density at radius 3 is 2.07 bits per heavy atom. The van der Waals surface area contributed by atoms with Crippen LogP contribution in [0, 0.1) is 35.5 Å². The van der Waals surface area contributed by atoms with E-state index in [4.69, 9.17) is 19.5 Å². The van der Waals surface area contributed by atoms with E-state index in [2.05, 4.69) is 57.5 Å². The first-order valence-electron chi connectivity index (χ1n) is 20.9. The number of quaternary nitrogens is 1. The van der Waals surface area contributed by atoms with E-state index in [-0.39, 0.29) is 29.7 Å². The maximum Gasteiger partial charge on any atom is 0.407 e. The normalized spacial score (nSPS) is 16.0. The third kappa shape index (κ3) is 10.5. The highest BCUT2D eigenvalue weighted by atomic mass is 16.5. The molecule has 61 heavy (non-hydrogen) atoms. The zero-order valence-electron chi connectivity index (χ0n) is 36.9. The van der Waals surface area contributed by atoms with Gasteiger partial charge < -0.3 is 34.9 Å². The molecule has 5 rings (SSSR count). The van der Waals surface area contributed by atoms with Crippen LogP contribution in [0.2, 0.25) is 0 Å². The largest absolute Gasteiger partial charge is 0.453 e. The Balaban J connectivity index is 1.37. The van der Waals surface area contributed by atoms with E-state index in [9.17, 15) is 19.2 Å². The number of aromatic nitrogens is 2. The Bertz CT molecular complexity index is 2300. The number of hydrogen-bond donors (Lipinski definition) is 4. The number of nitrogens with zero attached hydrogens (tertiary/aromatic N) is 4. The van der Waals surface area contributed by atoms with E-state index in [1.165, 1.54) is 14.2 Å². The molecule has 5 N–H and O–H groups in total. The summed E-state index contributed by atoms with van der Waals surface area (Å²) in [7, 11) is 2.57. The van der Waals surface area contributed by atoms with E-state index >= 15 is 0 Å². The van der Waals surface area contributed by atoms with Crippen LogP contribution in [0.1, 0.15) is 103 Å². The van der Waals surface area contributed by atoms with Crippen LogP contribution in [-0.2, 0) is 19.1 Å². The monoisotopic (exact) mass is 831 g/mol. The minimum atomic E-state index is -0.754. The van der Waals surface area contributed by atoms with Gasteiger partial charge >= 0.3 is 12.2 Å². The van der Waals surface area contributed by atoms with E-state index in [1.54, 1.807) is 18.0 Å². The number of imidazole rings is 1. The Labute approximate surface area is 359 Å². The van der Waals surface area contributed by atoms with Crippen molar-refractivity contribution in [2.75, 3.05) is 27.3 Å². The molecular formula is C47H59N8O6+. The first kappa shape index (κ1) is 45.7. The molecular weight excluding hydrogens is 773 g/mol. The molecule has 2 aliphatic heterocycles. The van der Waals surface area contributed by atoms with Crippen molar-refractivity contribution in [1.29, 1.82) is 0 Å². The number of amides is 4. The van der Waals surface area contributed by atoms with Crippen LogP contribution in [0.4, 0.5) is 9.59 Å². The molecule has 322 valence electrons. The zero-order chi connectivity index (χ0) is 44.4. The third-order valence-corrected chi connectivity index (χ3v) is 11.0. The highest BCUT2D eigenvalue weighted by molar-refractivity contribution is 5.94. The van der Waals surface area contributed by atoms with Crippen LogP contribution in [0.25, 0.3) is 28.1 Å². The highest BCUT2D eigenvalue weighted by Gasteiger charge is 2.41. The van der Waals surface area contributed by atoms with E-state index in [1.807, 2.05) is 83.1 Å². The Morgan fingerprint density at radius 1 is 0.902 bits per heavy atom.